The summed E-state index contributed by atoms with van der Waals surface area (Å²) in [5.74, 6) is 0.104. The molecule has 3 rings (SSSR count). The number of carbonyl (C=O) groups excluding carboxylic acids is 1. The Morgan fingerprint density at radius 2 is 2.00 bits per heavy atom. The molecule has 16 heavy (non-hydrogen) atoms. The van der Waals surface area contributed by atoms with E-state index >= 15 is 0 Å². The number of anilines is 2. The summed E-state index contributed by atoms with van der Waals surface area (Å²) in [7, 11) is 0. The van der Waals surface area contributed by atoms with Crippen molar-refractivity contribution in [2.45, 2.75) is 6.42 Å². The lowest BCUT2D eigenvalue weighted by Crippen LogP contribution is -2.43. The Kier molecular flexibility index (Phi) is 2.29. The van der Waals surface area contributed by atoms with Gasteiger partial charge >= 0.3 is 0 Å². The zero-order valence-electron chi connectivity index (χ0n) is 9.12. The molecule has 0 saturated carbocycles. The third-order valence-electron chi connectivity index (χ3n) is 3.20. The standard InChI is InChI=1S/C12H15N3O/c16-12-8-9-7-10(1-2-11(9)14-12)15-5-3-13-4-6-15/h1-2,7,13H,3-6,8H2,(H,14,16). The Bertz CT molecular complexity index is 424. The summed E-state index contributed by atoms with van der Waals surface area (Å²) in [5, 5.41) is 6.19. The van der Waals surface area contributed by atoms with Crippen LogP contribution in [0.1, 0.15) is 5.56 Å². The van der Waals surface area contributed by atoms with Crippen molar-refractivity contribution in [3.63, 3.8) is 0 Å². The van der Waals surface area contributed by atoms with E-state index in [-0.39, 0.29) is 5.91 Å². The molecule has 2 aliphatic heterocycles. The second-order valence-corrected chi connectivity index (χ2v) is 4.30. The Hall–Kier alpha value is -1.55. The van der Waals surface area contributed by atoms with Crippen molar-refractivity contribution in [1.29, 1.82) is 0 Å². The van der Waals surface area contributed by atoms with Gasteiger partial charge in [0, 0.05) is 37.6 Å². The van der Waals surface area contributed by atoms with E-state index in [0.717, 1.165) is 37.4 Å². The van der Waals surface area contributed by atoms with Gasteiger partial charge in [-0.25, -0.2) is 0 Å². The Balaban J connectivity index is 1.86. The van der Waals surface area contributed by atoms with E-state index in [1.807, 2.05) is 6.07 Å². The number of carbonyl (C=O) groups is 1. The van der Waals surface area contributed by atoms with Crippen molar-refractivity contribution in [3.8, 4) is 0 Å². The van der Waals surface area contributed by atoms with Crippen LogP contribution in [0.5, 0.6) is 0 Å². The molecule has 1 saturated heterocycles. The van der Waals surface area contributed by atoms with Crippen LogP contribution in [0.4, 0.5) is 11.4 Å². The van der Waals surface area contributed by atoms with Gasteiger partial charge in [-0.05, 0) is 23.8 Å². The van der Waals surface area contributed by atoms with Crippen molar-refractivity contribution in [3.05, 3.63) is 23.8 Å². The fourth-order valence-electron chi connectivity index (χ4n) is 2.34. The normalized spacial score (nSPS) is 19.5. The van der Waals surface area contributed by atoms with Gasteiger partial charge in [-0.1, -0.05) is 0 Å². The van der Waals surface area contributed by atoms with Gasteiger partial charge in [0.2, 0.25) is 5.91 Å². The predicted molar refractivity (Wildman–Crippen MR) is 63.9 cm³/mol. The van der Waals surface area contributed by atoms with Gasteiger partial charge in [0.25, 0.3) is 0 Å². The highest BCUT2D eigenvalue weighted by atomic mass is 16.1. The maximum Gasteiger partial charge on any atom is 0.228 e. The Morgan fingerprint density at radius 1 is 1.19 bits per heavy atom. The van der Waals surface area contributed by atoms with Crippen molar-refractivity contribution < 1.29 is 4.79 Å². The summed E-state index contributed by atoms with van der Waals surface area (Å²) in [4.78, 5) is 13.6. The summed E-state index contributed by atoms with van der Waals surface area (Å²) in [6, 6.07) is 6.24. The van der Waals surface area contributed by atoms with Gasteiger partial charge < -0.3 is 15.5 Å². The summed E-state index contributed by atoms with van der Waals surface area (Å²) < 4.78 is 0. The van der Waals surface area contributed by atoms with Crippen LogP contribution in [0.3, 0.4) is 0 Å². The van der Waals surface area contributed by atoms with Crippen molar-refractivity contribution in [2.24, 2.45) is 0 Å². The van der Waals surface area contributed by atoms with E-state index in [2.05, 4.69) is 27.7 Å². The van der Waals surface area contributed by atoms with E-state index in [1.165, 1.54) is 5.69 Å². The third kappa shape index (κ3) is 1.65. The highest BCUT2D eigenvalue weighted by molar-refractivity contribution is 5.99. The monoisotopic (exact) mass is 217 g/mol. The molecule has 0 aliphatic carbocycles. The number of fused-ring (bicyclic) bond motifs is 1. The second-order valence-electron chi connectivity index (χ2n) is 4.30. The van der Waals surface area contributed by atoms with Crippen LogP contribution in [0, 0.1) is 0 Å². The smallest absolute Gasteiger partial charge is 0.228 e. The van der Waals surface area contributed by atoms with Crippen LogP contribution < -0.4 is 15.5 Å². The molecule has 0 unspecified atom stereocenters. The molecule has 84 valence electrons. The number of nitrogens with one attached hydrogen (secondary N) is 2. The summed E-state index contributed by atoms with van der Waals surface area (Å²) in [5.41, 5.74) is 3.33. The number of amides is 1. The molecule has 2 N–H and O–H groups in total. The van der Waals surface area contributed by atoms with Crippen LogP contribution in [0.25, 0.3) is 0 Å². The van der Waals surface area contributed by atoms with Gasteiger partial charge in [0.15, 0.2) is 0 Å². The molecular formula is C12H15N3O. The highest BCUT2D eigenvalue weighted by Crippen LogP contribution is 2.27. The van der Waals surface area contributed by atoms with Crippen molar-refractivity contribution in [2.75, 3.05) is 36.4 Å². The minimum absolute atomic E-state index is 0.104. The summed E-state index contributed by atoms with van der Waals surface area (Å²) >= 11 is 0. The first-order chi connectivity index (χ1) is 7.83. The number of hydrogen-bond donors (Lipinski definition) is 2. The van der Waals surface area contributed by atoms with Crippen LogP contribution >= 0.6 is 0 Å². The number of benzene rings is 1. The lowest BCUT2D eigenvalue weighted by atomic mass is 10.1. The SMILES string of the molecule is O=C1Cc2cc(N3CCNCC3)ccc2N1. The second kappa shape index (κ2) is 3.79. The maximum absolute atomic E-state index is 11.3. The summed E-state index contributed by atoms with van der Waals surface area (Å²) in [6.45, 7) is 4.16. The first-order valence-electron chi connectivity index (χ1n) is 5.71. The molecule has 1 fully saturated rings. The first kappa shape index (κ1) is 9.66. The van der Waals surface area contributed by atoms with Gasteiger partial charge in [-0.3, -0.25) is 4.79 Å². The zero-order valence-corrected chi connectivity index (χ0v) is 9.12. The molecule has 0 aromatic heterocycles. The quantitative estimate of drug-likeness (QED) is 0.723. The van der Waals surface area contributed by atoms with E-state index in [1.54, 1.807) is 0 Å². The fourth-order valence-corrected chi connectivity index (χ4v) is 2.34. The van der Waals surface area contributed by atoms with Gasteiger partial charge in [-0.2, -0.15) is 0 Å². The minimum atomic E-state index is 0.104. The topological polar surface area (TPSA) is 44.4 Å². The zero-order chi connectivity index (χ0) is 11.0. The van der Waals surface area contributed by atoms with Crippen LogP contribution in [0.2, 0.25) is 0 Å². The average molecular weight is 217 g/mol. The molecule has 4 heteroatoms. The molecule has 4 nitrogen and oxygen atoms in total. The molecule has 2 aliphatic rings. The highest BCUT2D eigenvalue weighted by Gasteiger charge is 2.19. The van der Waals surface area contributed by atoms with Gasteiger partial charge in [-0.15, -0.1) is 0 Å². The Labute approximate surface area is 94.6 Å². The maximum atomic E-state index is 11.3. The lowest BCUT2D eigenvalue weighted by Gasteiger charge is -2.29. The van der Waals surface area contributed by atoms with Crippen LogP contribution in [0.15, 0.2) is 18.2 Å². The van der Waals surface area contributed by atoms with Crippen LogP contribution in [-0.4, -0.2) is 32.1 Å². The van der Waals surface area contributed by atoms with Crippen molar-refractivity contribution in [1.82, 2.24) is 5.32 Å². The fraction of sp³-hybridized carbons (Fsp3) is 0.417. The lowest BCUT2D eigenvalue weighted by molar-refractivity contribution is -0.115. The number of hydrogen-bond acceptors (Lipinski definition) is 3. The number of piperazine rings is 1. The molecule has 1 aromatic rings. The number of rotatable bonds is 1. The Morgan fingerprint density at radius 3 is 2.81 bits per heavy atom. The van der Waals surface area contributed by atoms with E-state index in [0.29, 0.717) is 6.42 Å². The first-order valence-corrected chi connectivity index (χ1v) is 5.71. The average Bonchev–Trinajstić information content (AvgIpc) is 2.69. The van der Waals surface area contributed by atoms with Crippen LogP contribution in [-0.2, 0) is 11.2 Å². The van der Waals surface area contributed by atoms with Crippen molar-refractivity contribution >= 4 is 17.3 Å². The predicted octanol–water partition coefficient (Wildman–Crippen LogP) is 0.591. The molecule has 0 radical (unpaired) electrons. The third-order valence-corrected chi connectivity index (χ3v) is 3.20. The summed E-state index contributed by atoms with van der Waals surface area (Å²) in [6.07, 6.45) is 0.523. The number of nitrogens with zero attached hydrogens (tertiary/aromatic N) is 1. The van der Waals surface area contributed by atoms with Gasteiger partial charge in [0.1, 0.15) is 0 Å². The molecule has 2 heterocycles. The molecule has 1 aromatic carbocycles. The van der Waals surface area contributed by atoms with E-state index in [4.69, 9.17) is 0 Å². The molecular weight excluding hydrogens is 202 g/mol. The minimum Gasteiger partial charge on any atom is -0.369 e. The van der Waals surface area contributed by atoms with Gasteiger partial charge in [0.05, 0.1) is 6.42 Å². The molecule has 0 atom stereocenters. The van der Waals surface area contributed by atoms with E-state index < -0.39 is 0 Å². The molecule has 1 amide bonds. The largest absolute Gasteiger partial charge is 0.369 e. The molecule has 0 spiro atoms. The van der Waals surface area contributed by atoms with E-state index in [9.17, 15) is 4.79 Å². The molecule has 0 bridgehead atoms.